The van der Waals surface area contributed by atoms with Crippen LogP contribution in [0.1, 0.15) is 16.1 Å². The van der Waals surface area contributed by atoms with E-state index in [0.29, 0.717) is 10.7 Å². The topological polar surface area (TPSA) is 131 Å². The van der Waals surface area contributed by atoms with E-state index in [2.05, 4.69) is 20.6 Å². The zero-order chi connectivity index (χ0) is 24.8. The summed E-state index contributed by atoms with van der Waals surface area (Å²) in [6, 6.07) is 20.1. The minimum Gasteiger partial charge on any atom is -0.479 e. The van der Waals surface area contributed by atoms with E-state index in [1.807, 2.05) is 48.5 Å². The first-order valence-corrected chi connectivity index (χ1v) is 11.0. The van der Waals surface area contributed by atoms with Crippen molar-refractivity contribution in [2.75, 3.05) is 6.54 Å². The molecule has 1 unspecified atom stereocenters. The van der Waals surface area contributed by atoms with Crippen LogP contribution >= 0.6 is 11.6 Å². The molecule has 1 atom stereocenters. The third-order valence-electron chi connectivity index (χ3n) is 5.20. The number of carboxylic acids is 1. The Bertz CT molecular complexity index is 1310. The predicted molar refractivity (Wildman–Crippen MR) is 130 cm³/mol. The minimum absolute atomic E-state index is 0.162. The molecule has 0 bridgehead atoms. The van der Waals surface area contributed by atoms with Crippen LogP contribution in [0.3, 0.4) is 0 Å². The number of carboxylic acid groups (broad SMARTS) is 1. The first-order chi connectivity index (χ1) is 16.9. The number of hydrogen-bond donors (Lipinski definition) is 4. The highest BCUT2D eigenvalue weighted by Gasteiger charge is 2.21. The van der Waals surface area contributed by atoms with E-state index in [-0.39, 0.29) is 18.8 Å². The number of aromatic amines is 1. The normalized spacial score (nSPS) is 11.9. The number of rotatable bonds is 9. The highest BCUT2D eigenvalue weighted by Crippen LogP contribution is 2.23. The quantitative estimate of drug-likeness (QED) is 0.264. The Morgan fingerprint density at radius 3 is 2.49 bits per heavy atom. The Kier molecular flexibility index (Phi) is 7.51. The number of nitrogens with zero attached hydrogens (tertiary/aromatic N) is 3. The summed E-state index contributed by atoms with van der Waals surface area (Å²) in [6.07, 6.45) is 1.57. The molecule has 4 N–H and O–H groups in total. The fourth-order valence-electron chi connectivity index (χ4n) is 3.43. The van der Waals surface area contributed by atoms with Crippen LogP contribution in [-0.2, 0) is 11.3 Å². The second-order valence-electron chi connectivity index (χ2n) is 7.79. The molecular weight excluding hydrogens is 470 g/mol. The van der Waals surface area contributed by atoms with Crippen molar-refractivity contribution < 1.29 is 19.8 Å². The van der Waals surface area contributed by atoms with Gasteiger partial charge < -0.3 is 10.2 Å². The van der Waals surface area contributed by atoms with Gasteiger partial charge in [0.05, 0.1) is 12.2 Å². The van der Waals surface area contributed by atoms with Gasteiger partial charge in [0.15, 0.2) is 6.10 Å². The van der Waals surface area contributed by atoms with Gasteiger partial charge in [-0.25, -0.2) is 9.80 Å². The first kappa shape index (κ1) is 24.1. The van der Waals surface area contributed by atoms with Gasteiger partial charge in [-0.2, -0.15) is 5.10 Å². The molecule has 0 spiro atoms. The number of pyridine rings is 1. The standard InChI is InChI=1S/C25H22ClN5O4/c26-20-5-1-3-18(11-20)17-8-6-16(7-9-17)14-31(15-23(32)25(34)35)30-24(33)22-12-21(28-29-22)19-4-2-10-27-13-19/h1-13,23,32H,14-15H2,(H,28,29)(H,30,33)(H,34,35). The monoisotopic (exact) mass is 491 g/mol. The number of hydrogen-bond acceptors (Lipinski definition) is 6. The maximum atomic E-state index is 12.8. The molecule has 0 aliphatic rings. The Labute approximate surface area is 206 Å². The number of amides is 1. The number of aliphatic hydroxyl groups excluding tert-OH is 1. The van der Waals surface area contributed by atoms with E-state index in [1.165, 1.54) is 5.01 Å². The van der Waals surface area contributed by atoms with Crippen LogP contribution < -0.4 is 5.43 Å². The van der Waals surface area contributed by atoms with E-state index in [9.17, 15) is 14.7 Å². The van der Waals surface area contributed by atoms with Crippen molar-refractivity contribution in [3.63, 3.8) is 0 Å². The van der Waals surface area contributed by atoms with Gasteiger partial charge in [-0.1, -0.05) is 48.0 Å². The second kappa shape index (κ2) is 10.9. The molecule has 0 fully saturated rings. The first-order valence-electron chi connectivity index (χ1n) is 10.7. The average molecular weight is 492 g/mol. The fraction of sp³-hybridized carbons (Fsp3) is 0.120. The van der Waals surface area contributed by atoms with Gasteiger partial charge >= 0.3 is 5.97 Å². The van der Waals surface area contributed by atoms with Crippen molar-refractivity contribution in [1.29, 1.82) is 0 Å². The molecular formula is C25H22ClN5O4. The van der Waals surface area contributed by atoms with Crippen molar-refractivity contribution in [2.24, 2.45) is 0 Å². The van der Waals surface area contributed by atoms with Crippen molar-refractivity contribution in [3.8, 4) is 22.4 Å². The highest BCUT2D eigenvalue weighted by atomic mass is 35.5. The van der Waals surface area contributed by atoms with Gasteiger partial charge in [0, 0.05) is 29.5 Å². The summed E-state index contributed by atoms with van der Waals surface area (Å²) in [5, 5.41) is 27.8. The number of carbonyl (C=O) groups excluding carboxylic acids is 1. The summed E-state index contributed by atoms with van der Waals surface area (Å²) in [7, 11) is 0. The van der Waals surface area contributed by atoms with Crippen molar-refractivity contribution >= 4 is 23.5 Å². The summed E-state index contributed by atoms with van der Waals surface area (Å²) < 4.78 is 0. The molecule has 0 saturated heterocycles. The number of aliphatic hydroxyl groups is 1. The number of nitrogens with one attached hydrogen (secondary N) is 2. The highest BCUT2D eigenvalue weighted by molar-refractivity contribution is 6.30. The number of aromatic nitrogens is 3. The smallest absolute Gasteiger partial charge is 0.333 e. The fourth-order valence-corrected chi connectivity index (χ4v) is 3.62. The van der Waals surface area contributed by atoms with Gasteiger partial charge in [-0.15, -0.1) is 0 Å². The number of H-pyrrole nitrogens is 1. The summed E-state index contributed by atoms with van der Waals surface area (Å²) in [5.41, 5.74) is 6.82. The van der Waals surface area contributed by atoms with Crippen molar-refractivity contribution in [2.45, 2.75) is 12.6 Å². The molecule has 0 aliphatic carbocycles. The molecule has 4 rings (SSSR count). The Morgan fingerprint density at radius 1 is 1.03 bits per heavy atom. The van der Waals surface area contributed by atoms with E-state index >= 15 is 0 Å². The maximum absolute atomic E-state index is 12.8. The number of carbonyl (C=O) groups is 2. The van der Waals surface area contributed by atoms with Gasteiger partial charge in [0.1, 0.15) is 5.69 Å². The lowest BCUT2D eigenvalue weighted by molar-refractivity contribution is -0.148. The van der Waals surface area contributed by atoms with Crippen molar-refractivity contribution in [1.82, 2.24) is 25.6 Å². The number of halogens is 1. The molecule has 2 aromatic carbocycles. The van der Waals surface area contributed by atoms with Crippen LogP contribution in [0.5, 0.6) is 0 Å². The lowest BCUT2D eigenvalue weighted by Gasteiger charge is -2.24. The molecule has 178 valence electrons. The van der Waals surface area contributed by atoms with E-state index < -0.39 is 18.0 Å². The van der Waals surface area contributed by atoms with E-state index in [1.54, 1.807) is 30.6 Å². The third kappa shape index (κ3) is 6.30. The minimum atomic E-state index is -1.69. The van der Waals surface area contributed by atoms with Gasteiger partial charge in [-0.3, -0.25) is 20.3 Å². The SMILES string of the molecule is O=C(NN(Cc1ccc(-c2cccc(Cl)c2)cc1)CC(O)C(=O)O)c1cc(-c2cccnc2)n[nH]1. The van der Waals surface area contributed by atoms with Crippen LogP contribution in [0.25, 0.3) is 22.4 Å². The Balaban J connectivity index is 1.48. The van der Waals surface area contributed by atoms with Gasteiger partial charge in [0.2, 0.25) is 0 Å². The molecule has 35 heavy (non-hydrogen) atoms. The predicted octanol–water partition coefficient (Wildman–Crippen LogP) is 3.38. The number of aliphatic carboxylic acids is 1. The lowest BCUT2D eigenvalue weighted by Crippen LogP contribution is -2.47. The molecule has 10 heteroatoms. The average Bonchev–Trinajstić information content (AvgIpc) is 3.35. The van der Waals surface area contributed by atoms with Gasteiger partial charge in [-0.05, 0) is 47.0 Å². The number of benzene rings is 2. The largest absolute Gasteiger partial charge is 0.479 e. The summed E-state index contributed by atoms with van der Waals surface area (Å²) in [5.74, 6) is -1.92. The van der Waals surface area contributed by atoms with Crippen LogP contribution in [0.15, 0.2) is 79.1 Å². The zero-order valence-corrected chi connectivity index (χ0v) is 19.2. The summed E-state index contributed by atoms with van der Waals surface area (Å²) >= 11 is 6.08. The summed E-state index contributed by atoms with van der Waals surface area (Å²) in [6.45, 7) is -0.157. The lowest BCUT2D eigenvalue weighted by atomic mass is 10.0. The van der Waals surface area contributed by atoms with E-state index in [0.717, 1.165) is 22.3 Å². The van der Waals surface area contributed by atoms with Gasteiger partial charge in [0.25, 0.3) is 5.91 Å². The molecule has 2 aromatic heterocycles. The van der Waals surface area contributed by atoms with Crippen LogP contribution in [-0.4, -0.2) is 54.9 Å². The third-order valence-corrected chi connectivity index (χ3v) is 5.44. The molecule has 0 saturated carbocycles. The molecule has 1 amide bonds. The Morgan fingerprint density at radius 2 is 1.80 bits per heavy atom. The number of hydrazine groups is 1. The van der Waals surface area contributed by atoms with Crippen LogP contribution in [0, 0.1) is 0 Å². The summed E-state index contributed by atoms with van der Waals surface area (Å²) in [4.78, 5) is 28.1. The van der Waals surface area contributed by atoms with Crippen LogP contribution in [0.2, 0.25) is 5.02 Å². The Hall–Kier alpha value is -4.05. The van der Waals surface area contributed by atoms with E-state index in [4.69, 9.17) is 16.7 Å². The second-order valence-corrected chi connectivity index (χ2v) is 8.23. The molecule has 4 aromatic rings. The molecule has 0 aliphatic heterocycles. The van der Waals surface area contributed by atoms with Crippen molar-refractivity contribution in [3.05, 3.63) is 95.4 Å². The van der Waals surface area contributed by atoms with Crippen LogP contribution in [0.4, 0.5) is 0 Å². The maximum Gasteiger partial charge on any atom is 0.333 e. The molecule has 0 radical (unpaired) electrons. The zero-order valence-electron chi connectivity index (χ0n) is 18.4. The molecule has 9 nitrogen and oxygen atoms in total. The molecule has 2 heterocycles.